The summed E-state index contributed by atoms with van der Waals surface area (Å²) < 4.78 is 31.8. The first-order valence-corrected chi connectivity index (χ1v) is 8.65. The summed E-state index contributed by atoms with van der Waals surface area (Å²) in [5.41, 5.74) is 0. The van der Waals surface area contributed by atoms with Gasteiger partial charge >= 0.3 is 0 Å². The quantitative estimate of drug-likeness (QED) is 0.890. The Morgan fingerprint density at radius 1 is 1.47 bits per heavy atom. The van der Waals surface area contributed by atoms with Gasteiger partial charge < -0.3 is 10.1 Å². The van der Waals surface area contributed by atoms with Gasteiger partial charge in [-0.05, 0) is 26.0 Å². The van der Waals surface area contributed by atoms with Crippen LogP contribution < -0.4 is 5.32 Å². The number of rotatable bonds is 5. The number of nitrogens with zero attached hydrogens (tertiary/aromatic N) is 1. The van der Waals surface area contributed by atoms with E-state index in [0.29, 0.717) is 24.5 Å². The van der Waals surface area contributed by atoms with Crippen molar-refractivity contribution in [2.24, 2.45) is 0 Å². The Morgan fingerprint density at radius 2 is 2.16 bits per heavy atom. The van der Waals surface area contributed by atoms with Gasteiger partial charge in [0, 0.05) is 37.0 Å². The summed E-state index contributed by atoms with van der Waals surface area (Å²) in [6.07, 6.45) is 1.72. The molecule has 2 heterocycles. The van der Waals surface area contributed by atoms with Crippen LogP contribution in [0, 0.1) is 0 Å². The lowest BCUT2D eigenvalue weighted by Crippen LogP contribution is -2.40. The van der Waals surface area contributed by atoms with E-state index >= 15 is 0 Å². The van der Waals surface area contributed by atoms with E-state index in [4.69, 9.17) is 4.74 Å². The standard InChI is InChI=1S/C12H20N2O3S2/c1-13-8-11-7-12(9-18-11)19(15,16)14-5-3-10(17-2)4-6-14/h7,9-10,13H,3-6,8H2,1-2H3. The van der Waals surface area contributed by atoms with Crippen LogP contribution in [0.25, 0.3) is 0 Å². The third-order valence-electron chi connectivity index (χ3n) is 3.35. The minimum Gasteiger partial charge on any atom is -0.381 e. The van der Waals surface area contributed by atoms with E-state index in [2.05, 4.69) is 5.32 Å². The van der Waals surface area contributed by atoms with E-state index in [0.717, 1.165) is 17.7 Å². The molecule has 0 saturated carbocycles. The highest BCUT2D eigenvalue weighted by Crippen LogP contribution is 2.25. The molecule has 1 aliphatic rings. The molecule has 0 radical (unpaired) electrons. The fourth-order valence-corrected chi connectivity index (χ4v) is 4.96. The lowest BCUT2D eigenvalue weighted by molar-refractivity contribution is 0.0604. The molecular formula is C12H20N2O3S2. The molecule has 2 rings (SSSR count). The van der Waals surface area contributed by atoms with Gasteiger partial charge in [-0.2, -0.15) is 4.31 Å². The lowest BCUT2D eigenvalue weighted by Gasteiger charge is -2.30. The summed E-state index contributed by atoms with van der Waals surface area (Å²) in [7, 11) is 0.198. The summed E-state index contributed by atoms with van der Waals surface area (Å²) in [4.78, 5) is 1.45. The van der Waals surface area contributed by atoms with E-state index in [9.17, 15) is 8.42 Å². The molecule has 0 bridgehead atoms. The second-order valence-corrected chi connectivity index (χ2v) is 7.55. The van der Waals surface area contributed by atoms with E-state index < -0.39 is 10.0 Å². The van der Waals surface area contributed by atoms with Gasteiger partial charge in [0.25, 0.3) is 0 Å². The van der Waals surface area contributed by atoms with Crippen LogP contribution in [-0.4, -0.2) is 46.1 Å². The Bertz CT molecular complexity index is 505. The van der Waals surface area contributed by atoms with Gasteiger partial charge in [0.1, 0.15) is 0 Å². The zero-order chi connectivity index (χ0) is 13.9. The minimum atomic E-state index is -3.33. The van der Waals surface area contributed by atoms with Crippen LogP contribution in [0.4, 0.5) is 0 Å². The largest absolute Gasteiger partial charge is 0.381 e. The average molecular weight is 304 g/mol. The maximum Gasteiger partial charge on any atom is 0.243 e. The summed E-state index contributed by atoms with van der Waals surface area (Å²) in [6.45, 7) is 1.78. The normalized spacial score (nSPS) is 18.8. The molecule has 108 valence electrons. The third-order valence-corrected chi connectivity index (χ3v) is 6.32. The topological polar surface area (TPSA) is 58.6 Å². The number of hydrogen-bond donors (Lipinski definition) is 1. The number of nitrogens with one attached hydrogen (secondary N) is 1. The number of sulfonamides is 1. The first-order valence-electron chi connectivity index (χ1n) is 6.33. The van der Waals surface area contributed by atoms with Crippen LogP contribution in [0.2, 0.25) is 0 Å². The van der Waals surface area contributed by atoms with E-state index in [-0.39, 0.29) is 6.10 Å². The summed E-state index contributed by atoms with van der Waals surface area (Å²) >= 11 is 1.48. The molecule has 19 heavy (non-hydrogen) atoms. The SMILES string of the molecule is CNCc1cc(S(=O)(=O)N2CCC(OC)CC2)cs1. The molecule has 1 N–H and O–H groups in total. The summed E-state index contributed by atoms with van der Waals surface area (Å²) in [5.74, 6) is 0. The van der Waals surface area contributed by atoms with Crippen LogP contribution in [0.5, 0.6) is 0 Å². The first-order chi connectivity index (χ1) is 9.07. The molecule has 1 aromatic heterocycles. The van der Waals surface area contributed by atoms with Gasteiger partial charge in [-0.1, -0.05) is 0 Å². The van der Waals surface area contributed by atoms with E-state index in [1.807, 2.05) is 7.05 Å². The predicted octanol–water partition coefficient (Wildman–Crippen LogP) is 1.27. The van der Waals surface area contributed by atoms with Crippen molar-refractivity contribution in [1.82, 2.24) is 9.62 Å². The van der Waals surface area contributed by atoms with Crippen molar-refractivity contribution < 1.29 is 13.2 Å². The fourth-order valence-electron chi connectivity index (χ4n) is 2.22. The van der Waals surface area contributed by atoms with Crippen molar-refractivity contribution >= 4 is 21.4 Å². The van der Waals surface area contributed by atoms with E-state index in [1.54, 1.807) is 22.9 Å². The fraction of sp³-hybridized carbons (Fsp3) is 0.667. The highest BCUT2D eigenvalue weighted by molar-refractivity contribution is 7.89. The first kappa shape index (κ1) is 14.9. The molecule has 1 saturated heterocycles. The Morgan fingerprint density at radius 3 is 2.74 bits per heavy atom. The van der Waals surface area contributed by atoms with Crippen molar-refractivity contribution in [2.75, 3.05) is 27.2 Å². The molecule has 1 aromatic rings. The monoisotopic (exact) mass is 304 g/mol. The highest BCUT2D eigenvalue weighted by atomic mass is 32.2. The van der Waals surface area contributed by atoms with Crippen molar-refractivity contribution in [1.29, 1.82) is 0 Å². The van der Waals surface area contributed by atoms with Gasteiger partial charge in [0.05, 0.1) is 11.0 Å². The molecule has 0 aromatic carbocycles. The highest BCUT2D eigenvalue weighted by Gasteiger charge is 2.29. The summed E-state index contributed by atoms with van der Waals surface area (Å²) in [6, 6.07) is 1.76. The number of piperidine rings is 1. The second kappa shape index (κ2) is 6.32. The lowest BCUT2D eigenvalue weighted by atomic mass is 10.1. The van der Waals surface area contributed by atoms with Gasteiger partial charge in [-0.15, -0.1) is 11.3 Å². The maximum atomic E-state index is 12.5. The van der Waals surface area contributed by atoms with Crippen LogP contribution in [0.3, 0.4) is 0 Å². The molecular weight excluding hydrogens is 284 g/mol. The molecule has 0 aliphatic carbocycles. The molecule has 1 fully saturated rings. The van der Waals surface area contributed by atoms with Crippen molar-refractivity contribution in [3.8, 4) is 0 Å². The van der Waals surface area contributed by atoms with Gasteiger partial charge in [-0.3, -0.25) is 0 Å². The smallest absolute Gasteiger partial charge is 0.243 e. The zero-order valence-corrected chi connectivity index (χ0v) is 12.9. The number of hydrogen-bond acceptors (Lipinski definition) is 5. The van der Waals surface area contributed by atoms with E-state index in [1.165, 1.54) is 11.3 Å². The van der Waals surface area contributed by atoms with Gasteiger partial charge in [0.2, 0.25) is 10.0 Å². The van der Waals surface area contributed by atoms with Crippen molar-refractivity contribution in [3.63, 3.8) is 0 Å². The van der Waals surface area contributed by atoms with Crippen LogP contribution >= 0.6 is 11.3 Å². The van der Waals surface area contributed by atoms with Gasteiger partial charge in [0.15, 0.2) is 0 Å². The third kappa shape index (κ3) is 3.35. The van der Waals surface area contributed by atoms with Gasteiger partial charge in [-0.25, -0.2) is 8.42 Å². The Hall–Kier alpha value is -0.470. The molecule has 1 aliphatic heterocycles. The zero-order valence-electron chi connectivity index (χ0n) is 11.3. The molecule has 0 atom stereocenters. The average Bonchev–Trinajstić information content (AvgIpc) is 2.89. The van der Waals surface area contributed by atoms with Crippen LogP contribution in [0.1, 0.15) is 17.7 Å². The predicted molar refractivity (Wildman–Crippen MR) is 75.9 cm³/mol. The number of thiophene rings is 1. The molecule has 0 amide bonds. The van der Waals surface area contributed by atoms with Crippen LogP contribution in [0.15, 0.2) is 16.3 Å². The number of methoxy groups -OCH3 is 1. The molecule has 7 heteroatoms. The second-order valence-electron chi connectivity index (χ2n) is 4.62. The molecule has 0 spiro atoms. The van der Waals surface area contributed by atoms with Crippen LogP contribution in [-0.2, 0) is 21.3 Å². The Kier molecular flexibility index (Phi) is 4.97. The number of ether oxygens (including phenoxy) is 1. The van der Waals surface area contributed by atoms with Crippen molar-refractivity contribution in [2.45, 2.75) is 30.4 Å². The minimum absolute atomic E-state index is 0.189. The molecule has 5 nitrogen and oxygen atoms in total. The Labute approximate surface area is 118 Å². The van der Waals surface area contributed by atoms with Crippen molar-refractivity contribution in [3.05, 3.63) is 16.3 Å². The maximum absolute atomic E-state index is 12.5. The molecule has 0 unspecified atom stereocenters. The Balaban J connectivity index is 2.09. The summed E-state index contributed by atoms with van der Waals surface area (Å²) in [5, 5.41) is 4.75.